The Hall–Kier alpha value is -12.3. The van der Waals surface area contributed by atoms with Gasteiger partial charge in [0.15, 0.2) is 13.1 Å². The second-order valence-corrected chi connectivity index (χ2v) is 36.7. The van der Waals surface area contributed by atoms with Crippen LogP contribution in [0.15, 0.2) is 250 Å². The first-order valence-electron chi connectivity index (χ1n) is 46.7. The molecule has 0 aliphatic heterocycles. The number of hydrogen-bond acceptors (Lipinski definition) is 12. The van der Waals surface area contributed by atoms with E-state index in [1.165, 1.54) is 93.6 Å². The van der Waals surface area contributed by atoms with Crippen LogP contribution in [-0.4, -0.2) is 129 Å². The van der Waals surface area contributed by atoms with E-state index in [1.54, 1.807) is 22.7 Å². The monoisotopic (exact) mass is 1830 g/mol. The number of benzene rings is 9. The van der Waals surface area contributed by atoms with E-state index in [4.69, 9.17) is 8.83 Å². The summed E-state index contributed by atoms with van der Waals surface area (Å²) in [7, 11) is 13.3. The van der Waals surface area contributed by atoms with Crippen molar-refractivity contribution in [3.8, 4) is 0 Å². The number of hydrogen-bond donors (Lipinski definition) is 0. The van der Waals surface area contributed by atoms with Crippen molar-refractivity contribution in [1.29, 1.82) is 0 Å². The van der Waals surface area contributed by atoms with E-state index in [0.717, 1.165) is 138 Å². The van der Waals surface area contributed by atoms with Crippen molar-refractivity contribution in [1.82, 2.24) is 39.1 Å². The van der Waals surface area contributed by atoms with Crippen molar-refractivity contribution in [3.05, 3.63) is 307 Å². The smallest absolute Gasteiger partial charge is 0.343 e. The van der Waals surface area contributed by atoms with Crippen molar-refractivity contribution in [2.45, 2.75) is 183 Å². The summed E-state index contributed by atoms with van der Waals surface area (Å²) < 4.78 is 32.7. The van der Waals surface area contributed by atoms with Gasteiger partial charge in [-0.05, 0) is 189 Å². The zero-order valence-corrected chi connectivity index (χ0v) is 81.6. The second-order valence-electron chi connectivity index (χ2n) is 34.5. The average molecular weight is 1830 g/mol. The van der Waals surface area contributed by atoms with Crippen LogP contribution in [0.3, 0.4) is 0 Å². The number of thiazole rings is 2. The van der Waals surface area contributed by atoms with Gasteiger partial charge >= 0.3 is 11.3 Å². The highest BCUT2D eigenvalue weighted by Gasteiger charge is 2.25. The molecule has 0 N–H and O–H groups in total. The molecule has 0 saturated heterocycles. The van der Waals surface area contributed by atoms with Crippen LogP contribution in [0, 0.1) is 0 Å². The number of nitrogens with zero attached hydrogens (tertiary/aromatic N) is 16. The molecule has 0 aliphatic carbocycles. The molecule has 702 valence electrons. The maximum atomic E-state index is 13.2. The van der Waals surface area contributed by atoms with Crippen LogP contribution in [0.5, 0.6) is 0 Å². The van der Waals surface area contributed by atoms with Gasteiger partial charge in [0.05, 0.1) is 92.0 Å². The topological polar surface area (TPSA) is 154 Å². The van der Waals surface area contributed by atoms with E-state index in [0.29, 0.717) is 48.5 Å². The summed E-state index contributed by atoms with van der Waals surface area (Å²) in [6, 6.07) is 63.5. The van der Waals surface area contributed by atoms with Crippen molar-refractivity contribution in [3.63, 3.8) is 0 Å². The largest absolute Gasteiger partial charge is 0.422 e. The first-order valence-corrected chi connectivity index (χ1v) is 48.3. The van der Waals surface area contributed by atoms with Gasteiger partial charge in [-0.2, -0.15) is 18.3 Å². The predicted molar refractivity (Wildman–Crippen MR) is 562 cm³/mol. The third kappa shape index (κ3) is 27.4. The first kappa shape index (κ1) is 104. The lowest BCUT2D eigenvalue weighted by atomic mass is 9.90. The molecule has 22 heteroatoms. The third-order valence-corrected chi connectivity index (χ3v) is 26.5. The number of rotatable bonds is 30. The van der Waals surface area contributed by atoms with Gasteiger partial charge in [-0.3, -0.25) is 9.36 Å². The van der Waals surface area contributed by atoms with Gasteiger partial charge in [0.25, 0.3) is 10.0 Å². The SMILES string of the molecule is C.C.C.CCC.CCN(CC)c1ccc2cc(/C=C/c3sc4ccccc4[n+]3Cc3cn(CCCn4cc(C[n+]5c(/C=C/c6cc7ccc(N(CC)CC)cc7oc6=O)sc6ccccc65)nn4)nn3)c(=O)oc2c1.CC[N+](C)(C)CCC[N+](C)(C)CC.CCc1c2ccccc2c(CC)c2ccccc12.CCc1ccc2cc(CC)ccc2c1.C[n+]1ccn(Cn2cc[n+](C)c2)c1. The zero-order valence-electron chi connectivity index (χ0n) is 80.0. The highest BCUT2D eigenvalue weighted by atomic mass is 32.1. The Morgan fingerprint density at radius 3 is 1.14 bits per heavy atom. The molecule has 0 unspecified atom stereocenters. The lowest BCUT2D eigenvalue weighted by molar-refractivity contribution is -0.907. The molecule has 0 atom stereocenters. The summed E-state index contributed by atoms with van der Waals surface area (Å²) in [6.07, 6.45) is 31.7. The normalized spacial score (nSPS) is 11.4. The Bertz CT molecular complexity index is 6310. The molecule has 20 nitrogen and oxygen atoms in total. The van der Waals surface area contributed by atoms with Gasteiger partial charge in [0.1, 0.15) is 56.7 Å². The average Bonchev–Trinajstić information content (AvgIpc) is 1.52. The minimum atomic E-state index is -0.374. The molecule has 0 spiro atoms. The molecule has 0 radical (unpaired) electrons. The molecule has 9 aromatic carbocycles. The van der Waals surface area contributed by atoms with Gasteiger partial charge in [-0.25, -0.2) is 18.7 Å². The van der Waals surface area contributed by atoms with E-state index in [-0.39, 0.29) is 33.5 Å². The molecule has 0 bridgehead atoms. The Morgan fingerprint density at radius 1 is 0.429 bits per heavy atom. The number of aromatic nitrogens is 12. The van der Waals surface area contributed by atoms with Gasteiger partial charge < -0.3 is 27.6 Å². The Morgan fingerprint density at radius 2 is 0.797 bits per heavy atom. The lowest BCUT2D eigenvalue weighted by Crippen LogP contribution is -2.45. The molecule has 17 aromatic rings. The van der Waals surface area contributed by atoms with Gasteiger partial charge in [0, 0.05) is 104 Å². The van der Waals surface area contributed by atoms with Crippen LogP contribution < -0.4 is 39.3 Å². The summed E-state index contributed by atoms with van der Waals surface area (Å²) in [4.78, 5) is 30.8. The standard InChI is InChI=1S/C53H52N10O4S2.C18H18.C14H16.C11H28N2.C9H14N4.C3H8.3CH4/c1-5-58(6-2)42-22-18-36-28-38(52(64)66-46(36)30-42)20-24-50-62(44-14-9-11-16-48(44)68-50)34-40-32-60(56-54-40)26-13-27-61-33-41(55-57-61)35-63-45-15-10-12-17-49(45)69-51(63)25-21-39-29-37-19-23-43(59(7-3)8-4)31-47(37)67-53(39)65;1-3-13-15-9-5-7-11-17(15)14(4-2)18-12-8-6-10-16(13)18;1-3-11-5-7-14-10-12(4-2)6-8-13(14)9-11;1-7-12(3,4)10-9-11-13(5,6)8-2;1-10-3-5-12(7-10)9-13-6-4-11(2)8-13;1-3-2;;;/h9-12,14-25,28-33H,5-8,13,26-27,34-35H2,1-4H3;5-12H,3-4H2,1-2H3;5-10H,3-4H2,1-2H3;7-11H2,1-6H3;3-8H,9H2,1-2H3;3H2,1-2H3;3*1H4/q+2;;;2*+2;;;;. The number of para-hydroxylation sites is 2. The molecule has 8 aromatic heterocycles. The molecule has 8 heterocycles. The zero-order chi connectivity index (χ0) is 92.4. The molecular weight excluding hydrogens is 1690 g/mol. The lowest BCUT2D eigenvalue weighted by Gasteiger charge is -2.32. The summed E-state index contributed by atoms with van der Waals surface area (Å²) in [5.74, 6) is 0. The highest BCUT2D eigenvalue weighted by Crippen LogP contribution is 2.35. The Labute approximate surface area is 798 Å². The van der Waals surface area contributed by atoms with Gasteiger partial charge in [-0.1, -0.05) is 213 Å². The first-order chi connectivity index (χ1) is 62.9. The molecule has 0 amide bonds. The Balaban J connectivity index is 0.000000247. The molecule has 133 heavy (non-hydrogen) atoms. The predicted octanol–water partition coefficient (Wildman–Crippen LogP) is 22.7. The molecule has 0 fully saturated rings. The van der Waals surface area contributed by atoms with Crippen LogP contribution in [0.2, 0.25) is 0 Å². The van der Waals surface area contributed by atoms with E-state index in [1.807, 2.05) is 142 Å². The van der Waals surface area contributed by atoms with E-state index >= 15 is 0 Å². The maximum absolute atomic E-state index is 13.2. The van der Waals surface area contributed by atoms with Crippen molar-refractivity contribution < 1.29 is 36.1 Å². The fourth-order valence-corrected chi connectivity index (χ4v) is 18.4. The second kappa shape index (κ2) is 49.9. The highest BCUT2D eigenvalue weighted by molar-refractivity contribution is 7.19. The number of anilines is 2. The fourth-order valence-electron chi connectivity index (χ4n) is 16.3. The summed E-state index contributed by atoms with van der Waals surface area (Å²) in [5, 5.41) is 30.2. The summed E-state index contributed by atoms with van der Waals surface area (Å²) in [6.45, 7) is 37.9. The third-order valence-electron chi connectivity index (χ3n) is 24.3. The number of quaternary nitrogens is 2. The van der Waals surface area contributed by atoms with Gasteiger partial charge in [0.2, 0.25) is 30.4 Å². The van der Waals surface area contributed by atoms with Crippen LogP contribution >= 0.6 is 22.7 Å². The van der Waals surface area contributed by atoms with Crippen LogP contribution in [0.1, 0.15) is 179 Å². The Kier molecular flexibility index (Phi) is 39.2. The van der Waals surface area contributed by atoms with Crippen molar-refractivity contribution in [2.75, 3.05) is 90.3 Å². The van der Waals surface area contributed by atoms with Gasteiger partial charge in [-0.15, -0.1) is 10.2 Å². The number of imidazole rings is 2. The van der Waals surface area contributed by atoms with E-state index in [9.17, 15) is 9.59 Å². The quantitative estimate of drug-likeness (QED) is 0.0184. The minimum absolute atomic E-state index is 0. The maximum Gasteiger partial charge on any atom is 0.343 e. The van der Waals surface area contributed by atoms with Crippen LogP contribution in [0.4, 0.5) is 11.4 Å². The van der Waals surface area contributed by atoms with Crippen molar-refractivity contribution in [2.24, 2.45) is 14.1 Å². The van der Waals surface area contributed by atoms with Crippen molar-refractivity contribution >= 4 is 133 Å². The van der Waals surface area contributed by atoms with Crippen LogP contribution in [0.25, 0.3) is 99.0 Å². The molecule has 17 rings (SSSR count). The van der Waals surface area contributed by atoms with E-state index in [2.05, 4.69) is 306 Å². The molecular formula is C111H148N16O4S2+6. The van der Waals surface area contributed by atoms with Crippen LogP contribution in [-0.2, 0) is 72.6 Å². The summed E-state index contributed by atoms with van der Waals surface area (Å²) in [5.41, 5.74) is 13.1. The molecule has 0 aliphatic rings. The summed E-state index contributed by atoms with van der Waals surface area (Å²) >= 11 is 3.31. The van der Waals surface area contributed by atoms with E-state index < -0.39 is 0 Å². The number of fused-ring (bicyclic) bond motifs is 7. The fraction of sp³-hybridized carbons (Fsp3) is 0.369. The number of aryl methyl sites for hydroxylation is 8. The minimum Gasteiger partial charge on any atom is -0.422 e. The molecule has 0 saturated carbocycles.